The van der Waals surface area contributed by atoms with E-state index in [0.29, 0.717) is 12.8 Å². The lowest BCUT2D eigenvalue weighted by molar-refractivity contribution is -0.220. The van der Waals surface area contributed by atoms with Crippen LogP contribution in [-0.4, -0.2) is 98.3 Å². The number of rotatable bonds is 42. The smallest absolute Gasteiger partial charge is 0.462 e. The molecule has 1 fully saturated rings. The average molecular weight is 967 g/mol. The number of unbranched alkanes of at least 4 members (excludes halogenated alkanes) is 18. The van der Waals surface area contributed by atoms with Gasteiger partial charge in [0.2, 0.25) is 0 Å². The molecule has 0 amide bonds. The third kappa shape index (κ3) is 34.3. The molecule has 6 N–H and O–H groups in total. The summed E-state index contributed by atoms with van der Waals surface area (Å²) in [5, 5.41) is 50.3. The summed E-state index contributed by atoms with van der Waals surface area (Å²) in [6, 6.07) is 0. The fourth-order valence-corrected chi connectivity index (χ4v) is 8.33. The fraction of sp³-hybridized carbons (Fsp3) is 0.736. The third-order valence-corrected chi connectivity index (χ3v) is 12.5. The third-order valence-electron chi connectivity index (χ3n) is 11.5. The van der Waals surface area contributed by atoms with Crippen LogP contribution in [0.15, 0.2) is 72.9 Å². The molecule has 67 heavy (non-hydrogen) atoms. The van der Waals surface area contributed by atoms with Crippen molar-refractivity contribution < 1.29 is 63.1 Å². The summed E-state index contributed by atoms with van der Waals surface area (Å²) >= 11 is 0. The van der Waals surface area contributed by atoms with Gasteiger partial charge < -0.3 is 39.9 Å². The molecule has 0 aromatic heterocycles. The van der Waals surface area contributed by atoms with Gasteiger partial charge in [-0.25, -0.2) is 4.57 Å². The van der Waals surface area contributed by atoms with E-state index < -0.39 is 75.7 Å². The van der Waals surface area contributed by atoms with Gasteiger partial charge in [-0.2, -0.15) is 0 Å². The molecular weight excluding hydrogens is 876 g/mol. The van der Waals surface area contributed by atoms with Crippen molar-refractivity contribution in [3.05, 3.63) is 72.9 Å². The van der Waals surface area contributed by atoms with Crippen molar-refractivity contribution in [2.45, 2.75) is 236 Å². The zero-order valence-corrected chi connectivity index (χ0v) is 42.1. The maximum absolute atomic E-state index is 12.9. The quantitative estimate of drug-likeness (QED) is 0.0146. The van der Waals surface area contributed by atoms with Crippen molar-refractivity contribution in [3.8, 4) is 0 Å². The van der Waals surface area contributed by atoms with Crippen LogP contribution in [0.3, 0.4) is 0 Å². The lowest BCUT2D eigenvalue weighted by atomic mass is 9.85. The molecule has 0 heterocycles. The molecule has 1 aliphatic carbocycles. The summed E-state index contributed by atoms with van der Waals surface area (Å²) in [7, 11) is -5.14. The van der Waals surface area contributed by atoms with Crippen molar-refractivity contribution in [3.63, 3.8) is 0 Å². The lowest BCUT2D eigenvalue weighted by Gasteiger charge is -2.41. The van der Waals surface area contributed by atoms with Gasteiger partial charge in [-0.1, -0.05) is 164 Å². The molecule has 0 radical (unpaired) electrons. The predicted molar refractivity (Wildman–Crippen MR) is 267 cm³/mol. The number of esters is 2. The highest BCUT2D eigenvalue weighted by Gasteiger charge is 2.51. The van der Waals surface area contributed by atoms with Gasteiger partial charge in [-0.05, 0) is 89.9 Å². The molecule has 1 aliphatic rings. The van der Waals surface area contributed by atoms with Crippen molar-refractivity contribution in [1.29, 1.82) is 0 Å². The molecule has 0 saturated heterocycles. The Kier molecular flexibility index (Phi) is 39.2. The molecule has 0 aromatic carbocycles. The minimum absolute atomic E-state index is 0.0552. The standard InChI is InChI=1S/C53H91O13P/c1-3-5-7-9-11-13-15-17-19-21-23-25-27-29-31-33-35-37-39-41-46(54)63-43-45(44-64-67(61,62)66-53-51(59)49(57)48(56)50(58)52(53)60)65-47(55)42-40-38-36-34-32-30-28-26-24-22-20-18-16-14-12-10-8-6-4-2/h11-14,17-20,24,26,30,32,45,48-53,56-60H,3-10,15-16,21-23,25,27-29,31,33-44H2,1-2H3,(H,61,62)/b13-11+,14-12+,19-17+,20-18+,26-24+,32-30+/t45-,48?,49-,50?,51?,52?,53?/m0/s1. The first-order valence-electron chi connectivity index (χ1n) is 25.7. The molecule has 1 rings (SSSR count). The van der Waals surface area contributed by atoms with E-state index in [0.717, 1.165) is 83.5 Å². The summed E-state index contributed by atoms with van der Waals surface area (Å²) in [6.45, 7) is 3.23. The van der Waals surface area contributed by atoms with Gasteiger partial charge in [0.25, 0.3) is 0 Å². The Hall–Kier alpha value is -2.71. The van der Waals surface area contributed by atoms with Gasteiger partial charge in [0.05, 0.1) is 6.61 Å². The molecule has 13 nitrogen and oxygen atoms in total. The second-order valence-corrected chi connectivity index (χ2v) is 19.1. The number of phosphoric ester groups is 1. The molecule has 6 unspecified atom stereocenters. The monoisotopic (exact) mass is 967 g/mol. The summed E-state index contributed by atoms with van der Waals surface area (Å²) in [6.07, 6.45) is 40.8. The highest BCUT2D eigenvalue weighted by Crippen LogP contribution is 2.47. The Morgan fingerprint density at radius 1 is 0.463 bits per heavy atom. The van der Waals surface area contributed by atoms with Gasteiger partial charge in [-0.3, -0.25) is 18.6 Å². The first-order valence-corrected chi connectivity index (χ1v) is 27.2. The van der Waals surface area contributed by atoms with E-state index in [2.05, 4.69) is 86.8 Å². The number of aliphatic hydroxyl groups is 5. The Bertz CT molecular complexity index is 1440. The van der Waals surface area contributed by atoms with E-state index >= 15 is 0 Å². The van der Waals surface area contributed by atoms with Gasteiger partial charge in [-0.15, -0.1) is 0 Å². The second kappa shape index (κ2) is 42.2. The molecule has 0 spiro atoms. The first kappa shape index (κ1) is 62.3. The molecular formula is C53H91O13P. The van der Waals surface area contributed by atoms with Crippen LogP contribution >= 0.6 is 7.82 Å². The van der Waals surface area contributed by atoms with Crippen molar-refractivity contribution in [2.24, 2.45) is 0 Å². The lowest BCUT2D eigenvalue weighted by Crippen LogP contribution is -2.64. The number of ether oxygens (including phenoxy) is 2. The van der Waals surface area contributed by atoms with E-state index in [-0.39, 0.29) is 12.8 Å². The molecule has 14 heteroatoms. The zero-order valence-electron chi connectivity index (χ0n) is 41.2. The summed E-state index contributed by atoms with van der Waals surface area (Å²) in [5.41, 5.74) is 0. The van der Waals surface area contributed by atoms with Crippen LogP contribution in [0.25, 0.3) is 0 Å². The van der Waals surface area contributed by atoms with E-state index in [1.807, 2.05) is 0 Å². The number of aliphatic hydroxyl groups excluding tert-OH is 5. The Morgan fingerprint density at radius 3 is 1.24 bits per heavy atom. The van der Waals surface area contributed by atoms with Gasteiger partial charge in [0, 0.05) is 12.8 Å². The van der Waals surface area contributed by atoms with Crippen molar-refractivity contribution in [2.75, 3.05) is 13.2 Å². The van der Waals surface area contributed by atoms with Gasteiger partial charge >= 0.3 is 19.8 Å². The number of phosphoric acid groups is 1. The highest BCUT2D eigenvalue weighted by molar-refractivity contribution is 7.47. The number of hydrogen-bond acceptors (Lipinski definition) is 12. The van der Waals surface area contributed by atoms with E-state index in [1.54, 1.807) is 0 Å². The normalized spacial score (nSPS) is 21.7. The SMILES string of the molecule is CCCCC/C=C/C/C=C/C/C=C/C/C=C/CCCCCC(=O)O[C@@H](COC(=O)CCCCCCCCCCC/C=C/C/C=C/CCCCC)COP(=O)(O)OC1C(O)C(O)C(O)[C@H](O)C1O. The number of carbonyl (C=O) groups is 2. The number of hydrogen-bond donors (Lipinski definition) is 6. The van der Waals surface area contributed by atoms with Crippen LogP contribution in [0, 0.1) is 0 Å². The number of allylic oxidation sites excluding steroid dienone is 12. The predicted octanol–water partition coefficient (Wildman–Crippen LogP) is 11.1. The molecule has 0 aliphatic heterocycles. The van der Waals surface area contributed by atoms with Crippen LogP contribution in [0.2, 0.25) is 0 Å². The highest BCUT2D eigenvalue weighted by atomic mass is 31.2. The summed E-state index contributed by atoms with van der Waals surface area (Å²) in [5.74, 6) is -1.14. The van der Waals surface area contributed by atoms with Crippen LogP contribution < -0.4 is 0 Å². The van der Waals surface area contributed by atoms with Crippen molar-refractivity contribution in [1.82, 2.24) is 0 Å². The minimum atomic E-state index is -5.14. The maximum atomic E-state index is 12.9. The Balaban J connectivity index is 2.44. The zero-order chi connectivity index (χ0) is 49.2. The van der Waals surface area contributed by atoms with Gasteiger partial charge in [0.1, 0.15) is 43.2 Å². The molecule has 1 saturated carbocycles. The van der Waals surface area contributed by atoms with Crippen LogP contribution in [0.4, 0.5) is 0 Å². The van der Waals surface area contributed by atoms with Crippen LogP contribution in [0.5, 0.6) is 0 Å². The second-order valence-electron chi connectivity index (χ2n) is 17.7. The molecule has 0 aromatic rings. The van der Waals surface area contributed by atoms with Gasteiger partial charge in [0.15, 0.2) is 6.10 Å². The molecule has 386 valence electrons. The van der Waals surface area contributed by atoms with Crippen molar-refractivity contribution >= 4 is 19.8 Å². The first-order chi connectivity index (χ1) is 32.4. The topological polar surface area (TPSA) is 210 Å². The van der Waals surface area contributed by atoms with Crippen LogP contribution in [-0.2, 0) is 32.7 Å². The van der Waals surface area contributed by atoms with E-state index in [9.17, 15) is 44.6 Å². The fourth-order valence-electron chi connectivity index (χ4n) is 7.36. The van der Waals surface area contributed by atoms with Crippen LogP contribution in [0.1, 0.15) is 194 Å². The number of carbonyl (C=O) groups excluding carboxylic acids is 2. The summed E-state index contributed by atoms with van der Waals surface area (Å²) in [4.78, 5) is 35.8. The molecule has 0 bridgehead atoms. The Morgan fingerprint density at radius 2 is 0.806 bits per heavy atom. The molecule has 8 atom stereocenters. The maximum Gasteiger partial charge on any atom is 0.472 e. The average Bonchev–Trinajstić information content (AvgIpc) is 3.31. The van der Waals surface area contributed by atoms with E-state index in [4.69, 9.17) is 18.5 Å². The summed E-state index contributed by atoms with van der Waals surface area (Å²) < 4.78 is 33.6. The minimum Gasteiger partial charge on any atom is -0.462 e. The largest absolute Gasteiger partial charge is 0.472 e. The Labute approximate surface area is 404 Å². The van der Waals surface area contributed by atoms with E-state index in [1.165, 1.54) is 70.6 Å².